The number of fused-ring (bicyclic) bond motifs is 1. The van der Waals surface area contributed by atoms with Crippen LogP contribution in [0, 0.1) is 6.92 Å². The predicted octanol–water partition coefficient (Wildman–Crippen LogP) is 1.66. The second kappa shape index (κ2) is 7.85. The number of rotatable bonds is 4. The molecule has 0 saturated heterocycles. The fraction of sp³-hybridized carbons (Fsp3) is 0.100. The number of tetrazole rings is 1. The Kier molecular flexibility index (Phi) is 4.93. The lowest BCUT2D eigenvalue weighted by atomic mass is 10.1. The van der Waals surface area contributed by atoms with Gasteiger partial charge in [-0.25, -0.2) is 0 Å². The van der Waals surface area contributed by atoms with Crippen LogP contribution in [0.1, 0.15) is 16.1 Å². The summed E-state index contributed by atoms with van der Waals surface area (Å²) in [6.07, 6.45) is 0. The SMILES string of the molecule is Cc1cc(C(=O)NNC(=O)Cn2nnc(-c3ccccc3)n2)c2ccccc2n1. The van der Waals surface area contributed by atoms with E-state index in [1.165, 1.54) is 0 Å². The minimum atomic E-state index is -0.481. The number of aryl methyl sites for hydroxylation is 1. The molecule has 0 bridgehead atoms. The van der Waals surface area contributed by atoms with Crippen molar-refractivity contribution in [1.29, 1.82) is 0 Å². The smallest absolute Gasteiger partial charge is 0.270 e. The van der Waals surface area contributed by atoms with Gasteiger partial charge in [0.05, 0.1) is 11.1 Å². The number of carbonyl (C=O) groups is 2. The van der Waals surface area contributed by atoms with Crippen LogP contribution >= 0.6 is 0 Å². The van der Waals surface area contributed by atoms with Crippen molar-refractivity contribution in [3.05, 3.63) is 71.9 Å². The van der Waals surface area contributed by atoms with Crippen molar-refractivity contribution in [2.75, 3.05) is 0 Å². The number of hydrazine groups is 1. The van der Waals surface area contributed by atoms with E-state index in [4.69, 9.17) is 0 Å². The molecule has 0 spiro atoms. The quantitative estimate of drug-likeness (QED) is 0.515. The van der Waals surface area contributed by atoms with Crippen molar-refractivity contribution >= 4 is 22.7 Å². The largest absolute Gasteiger partial charge is 0.271 e. The number of para-hydroxylation sites is 1. The number of amides is 2. The Morgan fingerprint density at radius 2 is 1.76 bits per heavy atom. The summed E-state index contributed by atoms with van der Waals surface area (Å²) in [5, 5.41) is 12.7. The van der Waals surface area contributed by atoms with E-state index in [0.29, 0.717) is 28.0 Å². The molecule has 9 nitrogen and oxygen atoms in total. The standard InChI is InChI=1S/C20H17N7O2/c1-13-11-16(15-9-5-6-10-17(15)21-13)20(29)24-22-18(28)12-27-25-19(23-26-27)14-7-3-2-4-8-14/h2-11H,12H2,1H3,(H,22,28)(H,24,29). The van der Waals surface area contributed by atoms with Crippen LogP contribution in [-0.2, 0) is 11.3 Å². The van der Waals surface area contributed by atoms with Gasteiger partial charge in [0.15, 0.2) is 0 Å². The molecule has 0 unspecified atom stereocenters. The van der Waals surface area contributed by atoms with Crippen molar-refractivity contribution in [2.24, 2.45) is 0 Å². The number of hydrogen-bond donors (Lipinski definition) is 2. The van der Waals surface area contributed by atoms with E-state index >= 15 is 0 Å². The van der Waals surface area contributed by atoms with E-state index in [-0.39, 0.29) is 6.54 Å². The maximum Gasteiger partial charge on any atom is 0.270 e. The van der Waals surface area contributed by atoms with Crippen LogP contribution in [-0.4, -0.2) is 37.0 Å². The zero-order valence-electron chi connectivity index (χ0n) is 15.5. The lowest BCUT2D eigenvalue weighted by Crippen LogP contribution is -2.43. The third-order valence-electron chi connectivity index (χ3n) is 4.17. The number of carbonyl (C=O) groups excluding carboxylic acids is 2. The molecule has 0 atom stereocenters. The first-order valence-electron chi connectivity index (χ1n) is 8.89. The fourth-order valence-electron chi connectivity index (χ4n) is 2.87. The van der Waals surface area contributed by atoms with Crippen molar-refractivity contribution < 1.29 is 9.59 Å². The van der Waals surface area contributed by atoms with Gasteiger partial charge in [-0.15, -0.1) is 10.2 Å². The van der Waals surface area contributed by atoms with Gasteiger partial charge in [0, 0.05) is 16.6 Å². The highest BCUT2D eigenvalue weighted by molar-refractivity contribution is 6.06. The van der Waals surface area contributed by atoms with Crippen LogP contribution in [0.4, 0.5) is 0 Å². The monoisotopic (exact) mass is 387 g/mol. The van der Waals surface area contributed by atoms with Crippen molar-refractivity contribution in [2.45, 2.75) is 13.5 Å². The fourth-order valence-corrected chi connectivity index (χ4v) is 2.87. The van der Waals surface area contributed by atoms with Crippen LogP contribution in [0.25, 0.3) is 22.3 Å². The van der Waals surface area contributed by atoms with E-state index in [1.54, 1.807) is 6.07 Å². The van der Waals surface area contributed by atoms with Crippen LogP contribution < -0.4 is 10.9 Å². The molecule has 0 saturated carbocycles. The van der Waals surface area contributed by atoms with Gasteiger partial charge in [0.2, 0.25) is 5.82 Å². The number of aromatic nitrogens is 5. The van der Waals surface area contributed by atoms with Crippen molar-refractivity contribution in [3.63, 3.8) is 0 Å². The number of benzene rings is 2. The Hall–Kier alpha value is -4.14. The summed E-state index contributed by atoms with van der Waals surface area (Å²) in [6, 6.07) is 18.3. The van der Waals surface area contributed by atoms with Gasteiger partial charge in [-0.05, 0) is 24.3 Å². The zero-order valence-corrected chi connectivity index (χ0v) is 15.5. The second-order valence-electron chi connectivity index (χ2n) is 6.34. The summed E-state index contributed by atoms with van der Waals surface area (Å²) >= 11 is 0. The minimum absolute atomic E-state index is 0.184. The second-order valence-corrected chi connectivity index (χ2v) is 6.34. The average molecular weight is 387 g/mol. The van der Waals surface area contributed by atoms with Gasteiger partial charge in [0.1, 0.15) is 6.54 Å². The van der Waals surface area contributed by atoms with E-state index in [9.17, 15) is 9.59 Å². The Labute approximate surface area is 165 Å². The summed E-state index contributed by atoms with van der Waals surface area (Å²) in [5.41, 5.74) is 7.45. The Morgan fingerprint density at radius 1 is 1.00 bits per heavy atom. The number of nitrogens with one attached hydrogen (secondary N) is 2. The molecule has 0 aliphatic carbocycles. The molecule has 4 rings (SSSR count). The Bertz CT molecular complexity index is 1190. The molecule has 0 fully saturated rings. The molecule has 0 aliphatic heterocycles. The van der Waals surface area contributed by atoms with Gasteiger partial charge in [-0.1, -0.05) is 48.5 Å². The highest BCUT2D eigenvalue weighted by Gasteiger charge is 2.14. The molecule has 2 aromatic heterocycles. The van der Waals surface area contributed by atoms with Crippen LogP contribution in [0.15, 0.2) is 60.7 Å². The normalized spacial score (nSPS) is 10.7. The zero-order chi connectivity index (χ0) is 20.2. The maximum absolute atomic E-state index is 12.6. The molecule has 2 amide bonds. The Morgan fingerprint density at radius 3 is 2.59 bits per heavy atom. The minimum Gasteiger partial charge on any atom is -0.271 e. The summed E-state index contributed by atoms with van der Waals surface area (Å²) in [7, 11) is 0. The molecule has 2 N–H and O–H groups in total. The van der Waals surface area contributed by atoms with Gasteiger partial charge in [-0.2, -0.15) is 4.80 Å². The topological polar surface area (TPSA) is 115 Å². The van der Waals surface area contributed by atoms with Crippen LogP contribution in [0.3, 0.4) is 0 Å². The molecule has 0 radical (unpaired) electrons. The molecule has 0 aliphatic rings. The van der Waals surface area contributed by atoms with Gasteiger partial charge >= 0.3 is 0 Å². The predicted molar refractivity (Wildman–Crippen MR) is 105 cm³/mol. The highest BCUT2D eigenvalue weighted by Crippen LogP contribution is 2.18. The van der Waals surface area contributed by atoms with Crippen molar-refractivity contribution in [1.82, 2.24) is 36.0 Å². The van der Waals surface area contributed by atoms with Gasteiger partial charge in [0.25, 0.3) is 11.8 Å². The first-order valence-corrected chi connectivity index (χ1v) is 8.89. The molecule has 2 aromatic carbocycles. The van der Waals surface area contributed by atoms with E-state index in [2.05, 4.69) is 31.2 Å². The average Bonchev–Trinajstić information content (AvgIpc) is 3.20. The van der Waals surface area contributed by atoms with Crippen LogP contribution in [0.2, 0.25) is 0 Å². The lowest BCUT2D eigenvalue weighted by Gasteiger charge is -2.10. The Balaban J connectivity index is 1.40. The van der Waals surface area contributed by atoms with E-state index < -0.39 is 11.8 Å². The summed E-state index contributed by atoms with van der Waals surface area (Å²) < 4.78 is 0. The molecule has 4 aromatic rings. The van der Waals surface area contributed by atoms with Gasteiger partial charge < -0.3 is 0 Å². The third kappa shape index (κ3) is 4.08. The summed E-state index contributed by atoms with van der Waals surface area (Å²) in [4.78, 5) is 30.3. The highest BCUT2D eigenvalue weighted by atomic mass is 16.2. The van der Waals surface area contributed by atoms with E-state index in [1.807, 2.05) is 61.5 Å². The van der Waals surface area contributed by atoms with Gasteiger partial charge in [-0.3, -0.25) is 25.4 Å². The first kappa shape index (κ1) is 18.2. The number of nitrogens with zero attached hydrogens (tertiary/aromatic N) is 5. The number of hydrogen-bond acceptors (Lipinski definition) is 6. The molecule has 144 valence electrons. The first-order chi connectivity index (χ1) is 14.1. The summed E-state index contributed by atoms with van der Waals surface area (Å²) in [6.45, 7) is 1.62. The lowest BCUT2D eigenvalue weighted by molar-refractivity contribution is -0.122. The molecular weight excluding hydrogens is 370 g/mol. The molecular formula is C20H17N7O2. The van der Waals surface area contributed by atoms with E-state index in [0.717, 1.165) is 10.4 Å². The molecule has 2 heterocycles. The third-order valence-corrected chi connectivity index (χ3v) is 4.17. The molecule has 29 heavy (non-hydrogen) atoms. The molecule has 9 heteroatoms. The maximum atomic E-state index is 12.6. The summed E-state index contributed by atoms with van der Waals surface area (Å²) in [5.74, 6) is -0.497. The van der Waals surface area contributed by atoms with Crippen molar-refractivity contribution in [3.8, 4) is 11.4 Å². The number of pyridine rings is 1. The van der Waals surface area contributed by atoms with Crippen LogP contribution in [0.5, 0.6) is 0 Å².